The molecule has 0 aliphatic heterocycles. The fourth-order valence-electron chi connectivity index (χ4n) is 1.33. The lowest BCUT2D eigenvalue weighted by molar-refractivity contribution is 0.0437. The highest BCUT2D eigenvalue weighted by molar-refractivity contribution is 5.44. The Kier molecular flexibility index (Phi) is 5.90. The minimum atomic E-state index is -0.451. The van der Waals surface area contributed by atoms with Crippen molar-refractivity contribution < 1.29 is 9.84 Å². The second kappa shape index (κ2) is 7.25. The van der Waals surface area contributed by atoms with Gasteiger partial charge in [0.1, 0.15) is 0 Å². The van der Waals surface area contributed by atoms with Crippen LogP contribution in [0.3, 0.4) is 0 Å². The number of ether oxygens (including phenoxy) is 1. The van der Waals surface area contributed by atoms with Crippen LogP contribution in [0.25, 0.3) is 0 Å². The summed E-state index contributed by atoms with van der Waals surface area (Å²) in [4.78, 5) is 0. The first kappa shape index (κ1) is 13.0. The van der Waals surface area contributed by atoms with Crippen molar-refractivity contribution in [3.63, 3.8) is 0 Å². The summed E-state index contributed by atoms with van der Waals surface area (Å²) in [6.45, 7) is 5.73. The molecule has 1 unspecified atom stereocenters. The predicted octanol–water partition coefficient (Wildman–Crippen LogP) is 2.19. The Hall–Kier alpha value is -1.06. The quantitative estimate of drug-likeness (QED) is 0.696. The molecule has 0 saturated carbocycles. The third kappa shape index (κ3) is 5.14. The van der Waals surface area contributed by atoms with Gasteiger partial charge in [0.25, 0.3) is 0 Å². The Morgan fingerprint density at radius 1 is 1.31 bits per heavy atom. The number of nitrogens with one attached hydrogen (secondary N) is 1. The zero-order valence-electron chi connectivity index (χ0n) is 10.1. The third-order valence-corrected chi connectivity index (χ3v) is 2.25. The molecule has 0 heterocycles. The molecule has 3 heteroatoms. The SMILES string of the molecule is CCCOCC(O)CNc1ccc(C)cc1. The van der Waals surface area contributed by atoms with E-state index in [1.54, 1.807) is 0 Å². The lowest BCUT2D eigenvalue weighted by atomic mass is 10.2. The number of hydrogen-bond donors (Lipinski definition) is 2. The summed E-state index contributed by atoms with van der Waals surface area (Å²) in [6, 6.07) is 8.11. The molecule has 0 bridgehead atoms. The molecule has 3 nitrogen and oxygen atoms in total. The van der Waals surface area contributed by atoms with E-state index >= 15 is 0 Å². The largest absolute Gasteiger partial charge is 0.389 e. The molecule has 1 aromatic carbocycles. The van der Waals surface area contributed by atoms with Crippen LogP contribution in [-0.4, -0.2) is 31.0 Å². The van der Waals surface area contributed by atoms with Crippen molar-refractivity contribution in [2.75, 3.05) is 25.1 Å². The Balaban J connectivity index is 2.20. The van der Waals surface area contributed by atoms with Gasteiger partial charge in [0.05, 0.1) is 12.7 Å². The molecular weight excluding hydrogens is 202 g/mol. The highest BCUT2D eigenvalue weighted by atomic mass is 16.5. The highest BCUT2D eigenvalue weighted by Crippen LogP contribution is 2.08. The monoisotopic (exact) mass is 223 g/mol. The van der Waals surface area contributed by atoms with Crippen molar-refractivity contribution in [3.05, 3.63) is 29.8 Å². The molecule has 0 saturated heterocycles. The topological polar surface area (TPSA) is 41.5 Å². The van der Waals surface area contributed by atoms with Crippen LogP contribution in [0.4, 0.5) is 5.69 Å². The number of hydrogen-bond acceptors (Lipinski definition) is 3. The van der Waals surface area contributed by atoms with Crippen LogP contribution in [0.2, 0.25) is 0 Å². The Bertz CT molecular complexity index is 284. The van der Waals surface area contributed by atoms with E-state index in [0.717, 1.165) is 12.1 Å². The summed E-state index contributed by atoms with van der Waals surface area (Å²) in [7, 11) is 0. The maximum Gasteiger partial charge on any atom is 0.0945 e. The van der Waals surface area contributed by atoms with Gasteiger partial charge < -0.3 is 15.2 Å². The Morgan fingerprint density at radius 2 is 2.00 bits per heavy atom. The van der Waals surface area contributed by atoms with Crippen LogP contribution in [0.5, 0.6) is 0 Å². The molecular formula is C13H21NO2. The first-order chi connectivity index (χ1) is 7.72. The first-order valence-electron chi connectivity index (χ1n) is 5.78. The average molecular weight is 223 g/mol. The van der Waals surface area contributed by atoms with Crippen LogP contribution >= 0.6 is 0 Å². The number of aliphatic hydroxyl groups is 1. The van der Waals surface area contributed by atoms with E-state index in [0.29, 0.717) is 19.8 Å². The van der Waals surface area contributed by atoms with E-state index in [1.807, 2.05) is 24.3 Å². The van der Waals surface area contributed by atoms with Gasteiger partial charge in [-0.3, -0.25) is 0 Å². The second-order valence-electron chi connectivity index (χ2n) is 3.98. The molecule has 0 aromatic heterocycles. The Morgan fingerprint density at radius 3 is 2.62 bits per heavy atom. The van der Waals surface area contributed by atoms with Crippen molar-refractivity contribution >= 4 is 5.69 Å². The van der Waals surface area contributed by atoms with E-state index in [-0.39, 0.29) is 0 Å². The smallest absolute Gasteiger partial charge is 0.0945 e. The second-order valence-corrected chi connectivity index (χ2v) is 3.98. The highest BCUT2D eigenvalue weighted by Gasteiger charge is 2.03. The van der Waals surface area contributed by atoms with Gasteiger partial charge in [0.2, 0.25) is 0 Å². The van der Waals surface area contributed by atoms with Crippen LogP contribution in [0, 0.1) is 6.92 Å². The standard InChI is InChI=1S/C13H21NO2/c1-3-8-16-10-13(15)9-14-12-6-4-11(2)5-7-12/h4-7,13-15H,3,8-10H2,1-2H3. The van der Waals surface area contributed by atoms with E-state index in [2.05, 4.69) is 19.2 Å². The molecule has 90 valence electrons. The van der Waals surface area contributed by atoms with Crippen LogP contribution < -0.4 is 5.32 Å². The minimum absolute atomic E-state index is 0.396. The molecule has 0 amide bonds. The normalized spacial score (nSPS) is 12.4. The van der Waals surface area contributed by atoms with Crippen molar-refractivity contribution in [1.29, 1.82) is 0 Å². The van der Waals surface area contributed by atoms with Crippen molar-refractivity contribution in [3.8, 4) is 0 Å². The fourth-order valence-corrected chi connectivity index (χ4v) is 1.33. The molecule has 0 spiro atoms. The minimum Gasteiger partial charge on any atom is -0.389 e. The number of aryl methyl sites for hydroxylation is 1. The van der Waals surface area contributed by atoms with Gasteiger partial charge >= 0.3 is 0 Å². The molecule has 16 heavy (non-hydrogen) atoms. The number of benzene rings is 1. The van der Waals surface area contributed by atoms with Gasteiger partial charge in [-0.15, -0.1) is 0 Å². The van der Waals surface area contributed by atoms with Crippen molar-refractivity contribution in [2.45, 2.75) is 26.4 Å². The summed E-state index contributed by atoms with van der Waals surface area (Å²) in [5, 5.41) is 12.8. The number of aliphatic hydroxyl groups excluding tert-OH is 1. The first-order valence-corrected chi connectivity index (χ1v) is 5.78. The van der Waals surface area contributed by atoms with Gasteiger partial charge in [-0.05, 0) is 25.5 Å². The summed E-state index contributed by atoms with van der Waals surface area (Å²) in [6.07, 6.45) is 0.533. The zero-order chi connectivity index (χ0) is 11.8. The molecule has 0 aliphatic carbocycles. The summed E-state index contributed by atoms with van der Waals surface area (Å²) in [5.74, 6) is 0. The van der Waals surface area contributed by atoms with E-state index in [1.165, 1.54) is 5.56 Å². The zero-order valence-corrected chi connectivity index (χ0v) is 10.1. The van der Waals surface area contributed by atoms with Crippen LogP contribution in [0.1, 0.15) is 18.9 Å². The van der Waals surface area contributed by atoms with Crippen molar-refractivity contribution in [1.82, 2.24) is 0 Å². The van der Waals surface area contributed by atoms with Gasteiger partial charge in [-0.1, -0.05) is 24.6 Å². The Labute approximate surface area is 97.4 Å². The van der Waals surface area contributed by atoms with Crippen LogP contribution in [-0.2, 0) is 4.74 Å². The summed E-state index contributed by atoms with van der Waals surface area (Å²) in [5.41, 5.74) is 2.26. The van der Waals surface area contributed by atoms with E-state index < -0.39 is 6.10 Å². The van der Waals surface area contributed by atoms with Gasteiger partial charge in [0.15, 0.2) is 0 Å². The molecule has 0 fully saturated rings. The maximum absolute atomic E-state index is 9.60. The van der Waals surface area contributed by atoms with Crippen molar-refractivity contribution in [2.24, 2.45) is 0 Å². The number of rotatable bonds is 7. The van der Waals surface area contributed by atoms with E-state index in [9.17, 15) is 5.11 Å². The predicted molar refractivity (Wildman–Crippen MR) is 66.8 cm³/mol. The van der Waals surface area contributed by atoms with Crippen LogP contribution in [0.15, 0.2) is 24.3 Å². The average Bonchev–Trinajstić information content (AvgIpc) is 2.29. The molecule has 0 radical (unpaired) electrons. The van der Waals surface area contributed by atoms with Gasteiger partial charge in [-0.2, -0.15) is 0 Å². The lowest BCUT2D eigenvalue weighted by Gasteiger charge is -2.13. The fraction of sp³-hybridized carbons (Fsp3) is 0.538. The molecule has 1 atom stereocenters. The maximum atomic E-state index is 9.60. The summed E-state index contributed by atoms with van der Waals surface area (Å²) >= 11 is 0. The third-order valence-electron chi connectivity index (χ3n) is 2.25. The van der Waals surface area contributed by atoms with Gasteiger partial charge in [-0.25, -0.2) is 0 Å². The van der Waals surface area contributed by atoms with Gasteiger partial charge in [0, 0.05) is 18.8 Å². The molecule has 0 aliphatic rings. The molecule has 1 rings (SSSR count). The van der Waals surface area contributed by atoms with E-state index in [4.69, 9.17) is 4.74 Å². The lowest BCUT2D eigenvalue weighted by Crippen LogP contribution is -2.25. The number of anilines is 1. The molecule has 1 aromatic rings. The summed E-state index contributed by atoms with van der Waals surface area (Å²) < 4.78 is 5.26. The molecule has 2 N–H and O–H groups in total.